The number of carboxylic acid groups (broad SMARTS) is 1. The summed E-state index contributed by atoms with van der Waals surface area (Å²) in [6.07, 6.45) is 4.31. The minimum absolute atomic E-state index is 0.335. The number of rotatable bonds is 6. The van der Waals surface area contributed by atoms with Crippen LogP contribution in [0.1, 0.15) is 23.7 Å². The Morgan fingerprint density at radius 1 is 1.64 bits per heavy atom. The molecule has 0 saturated heterocycles. The van der Waals surface area contributed by atoms with E-state index in [1.807, 2.05) is 11.5 Å². The van der Waals surface area contributed by atoms with Gasteiger partial charge in [0.05, 0.1) is 5.56 Å². The van der Waals surface area contributed by atoms with Crippen LogP contribution in [0.15, 0.2) is 18.5 Å². The van der Waals surface area contributed by atoms with Crippen molar-refractivity contribution in [3.63, 3.8) is 0 Å². The monoisotopic (exact) mass is 197 g/mol. The smallest absolute Gasteiger partial charge is 0.337 e. The van der Waals surface area contributed by atoms with Gasteiger partial charge in [0.2, 0.25) is 0 Å². The van der Waals surface area contributed by atoms with Crippen molar-refractivity contribution in [2.75, 3.05) is 13.2 Å². The molecule has 14 heavy (non-hydrogen) atoms. The highest BCUT2D eigenvalue weighted by Crippen LogP contribution is 2.02. The molecule has 0 spiro atoms. The first-order valence-electron chi connectivity index (χ1n) is 4.71. The zero-order valence-electron chi connectivity index (χ0n) is 8.27. The van der Waals surface area contributed by atoms with Gasteiger partial charge in [-0.25, -0.2) is 4.79 Å². The summed E-state index contributed by atoms with van der Waals surface area (Å²) in [5.41, 5.74) is 0.335. The molecule has 0 saturated carbocycles. The fourth-order valence-electron chi connectivity index (χ4n) is 1.20. The molecule has 0 aliphatic heterocycles. The minimum atomic E-state index is -0.881. The van der Waals surface area contributed by atoms with E-state index in [-0.39, 0.29) is 0 Å². The first-order valence-corrected chi connectivity index (χ1v) is 4.71. The first-order chi connectivity index (χ1) is 6.74. The Morgan fingerprint density at radius 3 is 3.00 bits per heavy atom. The third kappa shape index (κ3) is 3.22. The lowest BCUT2D eigenvalue weighted by Crippen LogP contribution is -2.01. The van der Waals surface area contributed by atoms with Gasteiger partial charge in [0, 0.05) is 32.2 Å². The van der Waals surface area contributed by atoms with Crippen molar-refractivity contribution in [1.82, 2.24) is 4.57 Å². The molecule has 4 heteroatoms. The van der Waals surface area contributed by atoms with E-state index in [1.54, 1.807) is 18.5 Å². The van der Waals surface area contributed by atoms with Crippen molar-refractivity contribution >= 4 is 5.97 Å². The van der Waals surface area contributed by atoms with Crippen LogP contribution in [0.3, 0.4) is 0 Å². The lowest BCUT2D eigenvalue weighted by atomic mass is 10.3. The molecule has 78 valence electrons. The Balaban J connectivity index is 2.33. The van der Waals surface area contributed by atoms with Crippen LogP contribution < -0.4 is 0 Å². The highest BCUT2D eigenvalue weighted by atomic mass is 16.5. The number of hydrogen-bond donors (Lipinski definition) is 1. The first kappa shape index (κ1) is 10.8. The van der Waals surface area contributed by atoms with Gasteiger partial charge in [0.1, 0.15) is 0 Å². The quantitative estimate of drug-likeness (QED) is 0.705. The van der Waals surface area contributed by atoms with E-state index in [0.29, 0.717) is 5.56 Å². The topological polar surface area (TPSA) is 51.5 Å². The maximum absolute atomic E-state index is 10.6. The number of carbonyl (C=O) groups is 1. The number of nitrogens with zero attached hydrogens (tertiary/aromatic N) is 1. The summed E-state index contributed by atoms with van der Waals surface area (Å²) in [7, 11) is 0. The largest absolute Gasteiger partial charge is 0.478 e. The summed E-state index contributed by atoms with van der Waals surface area (Å²) < 4.78 is 7.04. The van der Waals surface area contributed by atoms with Gasteiger partial charge in [-0.15, -0.1) is 0 Å². The fraction of sp³-hybridized carbons (Fsp3) is 0.500. The molecule has 0 radical (unpaired) electrons. The van der Waals surface area contributed by atoms with E-state index in [0.717, 1.165) is 26.2 Å². The van der Waals surface area contributed by atoms with Gasteiger partial charge < -0.3 is 14.4 Å². The van der Waals surface area contributed by atoms with Gasteiger partial charge in [0.25, 0.3) is 0 Å². The van der Waals surface area contributed by atoms with Gasteiger partial charge in [0.15, 0.2) is 0 Å². The van der Waals surface area contributed by atoms with E-state index in [9.17, 15) is 4.79 Å². The van der Waals surface area contributed by atoms with Crippen molar-refractivity contribution < 1.29 is 14.6 Å². The standard InChI is InChI=1S/C10H15NO3/c1-2-14-7-3-5-11-6-4-9(8-11)10(12)13/h4,6,8H,2-3,5,7H2,1H3,(H,12,13). The second-order valence-electron chi connectivity index (χ2n) is 2.99. The average molecular weight is 197 g/mol. The second-order valence-corrected chi connectivity index (χ2v) is 2.99. The van der Waals surface area contributed by atoms with Gasteiger partial charge in [-0.2, -0.15) is 0 Å². The summed E-state index contributed by atoms with van der Waals surface area (Å²) in [5, 5.41) is 8.67. The number of aromatic nitrogens is 1. The third-order valence-electron chi connectivity index (χ3n) is 1.91. The number of ether oxygens (including phenoxy) is 1. The maximum atomic E-state index is 10.6. The second kappa shape index (κ2) is 5.44. The van der Waals surface area contributed by atoms with E-state index >= 15 is 0 Å². The van der Waals surface area contributed by atoms with E-state index < -0.39 is 5.97 Å². The normalized spacial score (nSPS) is 10.4. The van der Waals surface area contributed by atoms with E-state index in [2.05, 4.69) is 0 Å². The van der Waals surface area contributed by atoms with Crippen LogP contribution in [-0.2, 0) is 11.3 Å². The van der Waals surface area contributed by atoms with Crippen molar-refractivity contribution in [1.29, 1.82) is 0 Å². The van der Waals surface area contributed by atoms with Gasteiger partial charge >= 0.3 is 5.97 Å². The highest BCUT2D eigenvalue weighted by Gasteiger charge is 2.03. The minimum Gasteiger partial charge on any atom is -0.478 e. The number of aromatic carboxylic acids is 1. The van der Waals surface area contributed by atoms with Gasteiger partial charge in [-0.05, 0) is 19.4 Å². The Kier molecular flexibility index (Phi) is 4.19. The predicted octanol–water partition coefficient (Wildman–Crippen LogP) is 1.61. The van der Waals surface area contributed by atoms with E-state index in [1.165, 1.54) is 0 Å². The zero-order chi connectivity index (χ0) is 10.4. The molecule has 1 aromatic rings. The summed E-state index contributed by atoms with van der Waals surface area (Å²) >= 11 is 0. The summed E-state index contributed by atoms with van der Waals surface area (Å²) in [5.74, 6) is -0.881. The number of carboxylic acids is 1. The Hall–Kier alpha value is -1.29. The Labute approximate surface area is 83.1 Å². The molecule has 0 aromatic carbocycles. The summed E-state index contributed by atoms with van der Waals surface area (Å²) in [6.45, 7) is 4.20. The van der Waals surface area contributed by atoms with Crippen LogP contribution in [0, 0.1) is 0 Å². The third-order valence-corrected chi connectivity index (χ3v) is 1.91. The van der Waals surface area contributed by atoms with Gasteiger partial charge in [-0.1, -0.05) is 0 Å². The number of hydrogen-bond acceptors (Lipinski definition) is 2. The van der Waals surface area contributed by atoms with Crippen LogP contribution in [-0.4, -0.2) is 28.9 Å². The molecule has 1 N–H and O–H groups in total. The zero-order valence-corrected chi connectivity index (χ0v) is 8.27. The SMILES string of the molecule is CCOCCCn1ccc(C(=O)O)c1. The molecule has 0 aliphatic rings. The molecule has 0 fully saturated rings. The Morgan fingerprint density at radius 2 is 2.43 bits per heavy atom. The van der Waals surface area contributed by atoms with Crippen LogP contribution in [0.5, 0.6) is 0 Å². The van der Waals surface area contributed by atoms with Crippen molar-refractivity contribution in [2.45, 2.75) is 19.9 Å². The maximum Gasteiger partial charge on any atom is 0.337 e. The molecule has 0 bridgehead atoms. The molecule has 4 nitrogen and oxygen atoms in total. The van der Waals surface area contributed by atoms with Crippen molar-refractivity contribution in [3.05, 3.63) is 24.0 Å². The average Bonchev–Trinajstić information content (AvgIpc) is 2.61. The van der Waals surface area contributed by atoms with E-state index in [4.69, 9.17) is 9.84 Å². The number of aryl methyl sites for hydroxylation is 1. The molecule has 1 rings (SSSR count). The molecule has 0 amide bonds. The predicted molar refractivity (Wildman–Crippen MR) is 52.5 cm³/mol. The van der Waals surface area contributed by atoms with Gasteiger partial charge in [-0.3, -0.25) is 0 Å². The Bertz CT molecular complexity index is 293. The van der Waals surface area contributed by atoms with Crippen LogP contribution in [0.25, 0.3) is 0 Å². The fourth-order valence-corrected chi connectivity index (χ4v) is 1.20. The molecular weight excluding hydrogens is 182 g/mol. The highest BCUT2D eigenvalue weighted by molar-refractivity contribution is 5.87. The van der Waals surface area contributed by atoms with Crippen LogP contribution in [0.4, 0.5) is 0 Å². The molecule has 0 aliphatic carbocycles. The van der Waals surface area contributed by atoms with Crippen molar-refractivity contribution in [2.24, 2.45) is 0 Å². The van der Waals surface area contributed by atoms with Crippen molar-refractivity contribution in [3.8, 4) is 0 Å². The molecule has 1 heterocycles. The molecule has 0 unspecified atom stereocenters. The van der Waals surface area contributed by atoms with Crippen LogP contribution >= 0.6 is 0 Å². The lowest BCUT2D eigenvalue weighted by Gasteiger charge is -2.02. The molecule has 1 aromatic heterocycles. The lowest BCUT2D eigenvalue weighted by molar-refractivity contribution is 0.0697. The molecular formula is C10H15NO3. The summed E-state index contributed by atoms with van der Waals surface area (Å²) in [6, 6.07) is 1.60. The summed E-state index contributed by atoms with van der Waals surface area (Å²) in [4.78, 5) is 10.6. The van der Waals surface area contributed by atoms with Crippen LogP contribution in [0.2, 0.25) is 0 Å². The molecule has 0 atom stereocenters.